The SMILES string of the molecule is O=C(c1cccnc1)N1CC[C@H](c2nc3c(c(=O)[nH]2)CCN(C2CCCC2)C3)C1. The highest BCUT2D eigenvalue weighted by atomic mass is 16.2. The second kappa shape index (κ2) is 7.71. The van der Waals surface area contributed by atoms with E-state index < -0.39 is 0 Å². The molecule has 1 saturated carbocycles. The van der Waals surface area contributed by atoms with Crippen molar-refractivity contribution in [3.05, 3.63) is 57.5 Å². The first-order chi connectivity index (χ1) is 14.2. The molecule has 152 valence electrons. The number of nitrogens with zero attached hydrogens (tertiary/aromatic N) is 4. The van der Waals surface area contributed by atoms with Gasteiger partial charge >= 0.3 is 0 Å². The average Bonchev–Trinajstić information content (AvgIpc) is 3.46. The van der Waals surface area contributed by atoms with Gasteiger partial charge in [0.25, 0.3) is 11.5 Å². The third-order valence-electron chi connectivity index (χ3n) is 6.73. The first-order valence-electron chi connectivity index (χ1n) is 10.7. The van der Waals surface area contributed by atoms with Gasteiger partial charge in [0.1, 0.15) is 5.82 Å². The molecule has 1 atom stereocenters. The predicted molar refractivity (Wildman–Crippen MR) is 109 cm³/mol. The number of nitrogens with one attached hydrogen (secondary N) is 1. The molecule has 2 aromatic heterocycles. The lowest BCUT2D eigenvalue weighted by Crippen LogP contribution is -2.41. The molecule has 0 radical (unpaired) electrons. The van der Waals surface area contributed by atoms with Crippen molar-refractivity contribution in [2.75, 3.05) is 19.6 Å². The van der Waals surface area contributed by atoms with Crippen molar-refractivity contribution in [1.29, 1.82) is 0 Å². The van der Waals surface area contributed by atoms with Gasteiger partial charge in [0.2, 0.25) is 0 Å². The summed E-state index contributed by atoms with van der Waals surface area (Å²) >= 11 is 0. The van der Waals surface area contributed by atoms with E-state index in [1.807, 2.05) is 4.90 Å². The Bertz CT molecular complexity index is 951. The number of hydrogen-bond donors (Lipinski definition) is 1. The molecule has 0 bridgehead atoms. The zero-order valence-corrected chi connectivity index (χ0v) is 16.6. The maximum atomic E-state index is 12.7. The summed E-state index contributed by atoms with van der Waals surface area (Å²) in [5, 5.41) is 0. The minimum Gasteiger partial charge on any atom is -0.338 e. The fourth-order valence-electron chi connectivity index (χ4n) is 5.09. The van der Waals surface area contributed by atoms with Crippen LogP contribution in [-0.2, 0) is 13.0 Å². The molecule has 7 heteroatoms. The van der Waals surface area contributed by atoms with Crippen molar-refractivity contribution in [3.8, 4) is 0 Å². The highest BCUT2D eigenvalue weighted by Crippen LogP contribution is 2.29. The molecule has 4 heterocycles. The lowest BCUT2D eigenvalue weighted by molar-refractivity contribution is 0.0790. The predicted octanol–water partition coefficient (Wildman–Crippen LogP) is 2.10. The van der Waals surface area contributed by atoms with Crippen LogP contribution in [0.5, 0.6) is 0 Å². The molecule has 1 aliphatic carbocycles. The largest absolute Gasteiger partial charge is 0.338 e. The van der Waals surface area contributed by atoms with Crippen LogP contribution in [0.3, 0.4) is 0 Å². The van der Waals surface area contributed by atoms with Gasteiger partial charge in [-0.15, -0.1) is 0 Å². The van der Waals surface area contributed by atoms with Crippen LogP contribution >= 0.6 is 0 Å². The van der Waals surface area contributed by atoms with Gasteiger partial charge in [-0.3, -0.25) is 19.5 Å². The van der Waals surface area contributed by atoms with Gasteiger partial charge in [-0.05, 0) is 37.8 Å². The van der Waals surface area contributed by atoms with Crippen molar-refractivity contribution < 1.29 is 4.79 Å². The lowest BCUT2D eigenvalue weighted by Gasteiger charge is -2.32. The quantitative estimate of drug-likeness (QED) is 0.864. The molecule has 2 aromatic rings. The van der Waals surface area contributed by atoms with E-state index in [9.17, 15) is 9.59 Å². The first-order valence-corrected chi connectivity index (χ1v) is 10.7. The van der Waals surface area contributed by atoms with E-state index in [-0.39, 0.29) is 17.4 Å². The Morgan fingerprint density at radius 2 is 2.03 bits per heavy atom. The van der Waals surface area contributed by atoms with E-state index in [1.54, 1.807) is 24.5 Å². The number of amides is 1. The molecule has 2 fully saturated rings. The van der Waals surface area contributed by atoms with Crippen LogP contribution in [0.25, 0.3) is 0 Å². The van der Waals surface area contributed by atoms with Crippen molar-refractivity contribution in [3.63, 3.8) is 0 Å². The fourth-order valence-corrected chi connectivity index (χ4v) is 5.09. The van der Waals surface area contributed by atoms with Crippen molar-refractivity contribution in [2.24, 2.45) is 0 Å². The van der Waals surface area contributed by atoms with Crippen LogP contribution in [0, 0.1) is 0 Å². The fraction of sp³-hybridized carbons (Fsp3) is 0.545. The molecule has 7 nitrogen and oxygen atoms in total. The standard InChI is InChI=1S/C22H27N5O2/c28-21-18-8-11-26(17-5-1-2-6-17)14-19(18)24-20(25-21)16-7-10-27(13-16)22(29)15-4-3-9-23-12-15/h3-4,9,12,16-17H,1-2,5-8,10-11,13-14H2,(H,24,25,28)/t16-/m0/s1. The van der Waals surface area contributed by atoms with E-state index in [4.69, 9.17) is 4.98 Å². The smallest absolute Gasteiger partial charge is 0.255 e. The molecular weight excluding hydrogens is 366 g/mol. The lowest BCUT2D eigenvalue weighted by atomic mass is 10.0. The second-order valence-electron chi connectivity index (χ2n) is 8.51. The van der Waals surface area contributed by atoms with E-state index in [0.29, 0.717) is 24.7 Å². The summed E-state index contributed by atoms with van der Waals surface area (Å²) in [5.41, 5.74) is 2.41. The Balaban J connectivity index is 1.33. The van der Waals surface area contributed by atoms with Gasteiger partial charge in [-0.2, -0.15) is 0 Å². The summed E-state index contributed by atoms with van der Waals surface area (Å²) in [6.07, 6.45) is 10.0. The number of fused-ring (bicyclic) bond motifs is 1. The van der Waals surface area contributed by atoms with E-state index >= 15 is 0 Å². The summed E-state index contributed by atoms with van der Waals surface area (Å²) in [6.45, 7) is 3.00. The Labute approximate surface area is 170 Å². The number of carbonyl (C=O) groups is 1. The molecule has 0 aromatic carbocycles. The van der Waals surface area contributed by atoms with Crippen molar-refractivity contribution in [2.45, 2.75) is 57.0 Å². The van der Waals surface area contributed by atoms with Crippen LogP contribution in [-0.4, -0.2) is 56.3 Å². The number of H-pyrrole nitrogens is 1. The Morgan fingerprint density at radius 3 is 2.83 bits per heavy atom. The van der Waals surface area contributed by atoms with Gasteiger partial charge in [0.05, 0.1) is 11.3 Å². The third kappa shape index (κ3) is 3.59. The van der Waals surface area contributed by atoms with Crippen molar-refractivity contribution in [1.82, 2.24) is 24.8 Å². The molecular formula is C22H27N5O2. The summed E-state index contributed by atoms with van der Waals surface area (Å²) in [5.74, 6) is 0.812. The number of likely N-dealkylation sites (tertiary alicyclic amines) is 1. The summed E-state index contributed by atoms with van der Waals surface area (Å²) in [7, 11) is 0. The summed E-state index contributed by atoms with van der Waals surface area (Å²) in [6, 6.07) is 4.21. The number of rotatable bonds is 3. The summed E-state index contributed by atoms with van der Waals surface area (Å²) < 4.78 is 0. The van der Waals surface area contributed by atoms with Crippen molar-refractivity contribution >= 4 is 5.91 Å². The molecule has 1 N–H and O–H groups in total. The molecule has 0 unspecified atom stereocenters. The highest BCUT2D eigenvalue weighted by Gasteiger charge is 2.32. The first kappa shape index (κ1) is 18.5. The topological polar surface area (TPSA) is 82.2 Å². The zero-order valence-electron chi connectivity index (χ0n) is 16.6. The van der Waals surface area contributed by atoms with Gasteiger partial charge in [0, 0.05) is 56.1 Å². The third-order valence-corrected chi connectivity index (χ3v) is 6.73. The number of hydrogen-bond acceptors (Lipinski definition) is 5. The molecule has 1 saturated heterocycles. The van der Waals surface area contributed by atoms with Gasteiger partial charge < -0.3 is 9.88 Å². The Morgan fingerprint density at radius 1 is 1.17 bits per heavy atom. The maximum Gasteiger partial charge on any atom is 0.255 e. The van der Waals surface area contributed by atoms with Crippen LogP contribution < -0.4 is 5.56 Å². The zero-order chi connectivity index (χ0) is 19.8. The normalized spacial score (nSPS) is 22.8. The molecule has 5 rings (SSSR count). The van der Waals surface area contributed by atoms with Gasteiger partial charge in [0.15, 0.2) is 0 Å². The highest BCUT2D eigenvalue weighted by molar-refractivity contribution is 5.94. The monoisotopic (exact) mass is 393 g/mol. The summed E-state index contributed by atoms with van der Waals surface area (Å²) in [4.78, 5) is 41.7. The van der Waals surface area contributed by atoms with E-state index in [0.717, 1.165) is 43.0 Å². The molecule has 29 heavy (non-hydrogen) atoms. The van der Waals surface area contributed by atoms with Crippen LogP contribution in [0.15, 0.2) is 29.3 Å². The number of aromatic nitrogens is 3. The second-order valence-corrected chi connectivity index (χ2v) is 8.51. The Hall–Kier alpha value is -2.54. The molecule has 2 aliphatic heterocycles. The van der Waals surface area contributed by atoms with Gasteiger partial charge in [-0.1, -0.05) is 12.8 Å². The van der Waals surface area contributed by atoms with Crippen LogP contribution in [0.1, 0.15) is 65.5 Å². The minimum absolute atomic E-state index is 0.00619. The molecule has 3 aliphatic rings. The van der Waals surface area contributed by atoms with Crippen LogP contribution in [0.4, 0.5) is 0 Å². The number of aromatic amines is 1. The minimum atomic E-state index is -0.00619. The van der Waals surface area contributed by atoms with Crippen LogP contribution in [0.2, 0.25) is 0 Å². The Kier molecular flexibility index (Phi) is 4.91. The number of pyridine rings is 1. The maximum absolute atomic E-state index is 12.7. The van der Waals surface area contributed by atoms with E-state index in [1.165, 1.54) is 25.7 Å². The van der Waals surface area contributed by atoms with Gasteiger partial charge in [-0.25, -0.2) is 4.98 Å². The number of carbonyl (C=O) groups excluding carboxylic acids is 1. The average molecular weight is 393 g/mol. The molecule has 1 amide bonds. The van der Waals surface area contributed by atoms with E-state index in [2.05, 4.69) is 14.9 Å². The molecule has 0 spiro atoms.